The summed E-state index contributed by atoms with van der Waals surface area (Å²) in [7, 11) is 1.94. The van der Waals surface area contributed by atoms with Crippen LogP contribution in [0.5, 0.6) is 5.75 Å². The molecule has 0 unspecified atom stereocenters. The number of carbonyl (C=O) groups excluding carboxylic acids is 1. The number of phenols is 1. The average Bonchev–Trinajstić information content (AvgIpc) is 3.19. The minimum absolute atomic E-state index is 0.0309. The number of para-hydroxylation sites is 2. The van der Waals surface area contributed by atoms with E-state index in [2.05, 4.69) is 21.4 Å². The van der Waals surface area contributed by atoms with Crippen LogP contribution < -0.4 is 5.32 Å². The van der Waals surface area contributed by atoms with Crippen LogP contribution >= 0.6 is 0 Å². The van der Waals surface area contributed by atoms with Gasteiger partial charge >= 0.3 is 0 Å². The number of aromatic hydroxyl groups is 1. The maximum Gasteiger partial charge on any atom is 0.271 e. The second-order valence-electron chi connectivity index (χ2n) is 13.4. The van der Waals surface area contributed by atoms with Crippen LogP contribution in [0.15, 0.2) is 128 Å². The van der Waals surface area contributed by atoms with E-state index in [1.165, 1.54) is 6.20 Å². The molecule has 4 N–H and O–H groups in total. The summed E-state index contributed by atoms with van der Waals surface area (Å²) in [4.78, 5) is 23.7. The first-order valence-electron chi connectivity index (χ1n) is 17.7. The fourth-order valence-corrected chi connectivity index (χ4v) is 6.62. The number of nitrogens with zero attached hydrogens (tertiary/aromatic N) is 3. The van der Waals surface area contributed by atoms with Crippen LogP contribution in [0.2, 0.25) is 0 Å². The number of hydrogen-bond acceptors (Lipinski definition) is 9. The van der Waals surface area contributed by atoms with Gasteiger partial charge in [-0.1, -0.05) is 91.0 Å². The monoisotopic (exact) mass is 710 g/mol. The van der Waals surface area contributed by atoms with Gasteiger partial charge in [0.1, 0.15) is 11.4 Å². The molecule has 0 radical (unpaired) electrons. The Hall–Kier alpha value is -5.49. The molecule has 1 fully saturated rings. The van der Waals surface area contributed by atoms with Gasteiger partial charge in [-0.2, -0.15) is 0 Å². The third-order valence-electron chi connectivity index (χ3n) is 9.45. The van der Waals surface area contributed by atoms with Crippen LogP contribution in [0.1, 0.15) is 63.2 Å². The third kappa shape index (κ3) is 8.94. The largest absolute Gasteiger partial charge is 0.508 e. The molecule has 270 valence electrons. The van der Waals surface area contributed by atoms with Crippen LogP contribution in [0.25, 0.3) is 22.2 Å². The molecule has 1 amide bonds. The van der Waals surface area contributed by atoms with E-state index in [0.717, 1.165) is 38.9 Å². The second-order valence-corrected chi connectivity index (χ2v) is 13.4. The summed E-state index contributed by atoms with van der Waals surface area (Å²) in [5.41, 5.74) is 7.99. The molecule has 0 spiro atoms. The zero-order valence-corrected chi connectivity index (χ0v) is 29.4. The topological polar surface area (TPSA) is 137 Å². The molecule has 7 rings (SSSR count). The molecular formula is C43H42N4O6. The molecule has 5 aromatic carbocycles. The van der Waals surface area contributed by atoms with Gasteiger partial charge < -0.3 is 35.0 Å². The summed E-state index contributed by atoms with van der Waals surface area (Å²) < 4.78 is 13.1. The number of rotatable bonds is 12. The van der Waals surface area contributed by atoms with Crippen molar-refractivity contribution in [3.05, 3.63) is 161 Å². The molecule has 4 atom stereocenters. The third-order valence-corrected chi connectivity index (χ3v) is 9.45. The minimum Gasteiger partial charge on any atom is -0.508 e. The predicted octanol–water partition coefficient (Wildman–Crippen LogP) is 6.64. The molecule has 0 saturated carbocycles. The number of benzene rings is 5. The lowest BCUT2D eigenvalue weighted by Crippen LogP contribution is -2.39. The highest BCUT2D eigenvalue weighted by Crippen LogP contribution is 2.39. The number of amides is 1. The molecule has 0 bridgehead atoms. The lowest BCUT2D eigenvalue weighted by atomic mass is 9.99. The van der Waals surface area contributed by atoms with Gasteiger partial charge in [-0.3, -0.25) is 9.78 Å². The first-order chi connectivity index (χ1) is 25.8. The molecule has 10 nitrogen and oxygen atoms in total. The molecular weight excluding hydrogens is 668 g/mol. The minimum atomic E-state index is -0.772. The summed E-state index contributed by atoms with van der Waals surface area (Å²) in [6, 6.07) is 38.0. The Morgan fingerprint density at radius 1 is 0.849 bits per heavy atom. The van der Waals surface area contributed by atoms with Gasteiger partial charge in [-0.25, -0.2) is 4.98 Å². The van der Waals surface area contributed by atoms with Crippen LogP contribution in [-0.4, -0.2) is 62.3 Å². The van der Waals surface area contributed by atoms with Gasteiger partial charge in [-0.05, 0) is 70.8 Å². The fraction of sp³-hybridized carbons (Fsp3) is 0.233. The number of ether oxygens (including phenoxy) is 2. The highest BCUT2D eigenvalue weighted by Gasteiger charge is 2.33. The summed E-state index contributed by atoms with van der Waals surface area (Å²) in [6.07, 6.45) is 0.248. The standard InChI is InChI=1S/C43H42N4O6/c1-47(26-40(50)34-8-5-9-35(49)21-34)25-36-22-41(31-14-12-28(27-48)13-15-31)53-43(52-36)32-18-16-30(17-19-32)33-7-4-6-29(20-33)23-45-42(51)39-24-44-37-10-2-3-11-38(37)46-39/h2-21,24,36,40-41,43,48-50H,22-23,25-27H2,1H3,(H,45,51)/t36-,40+,41+,43+/m0/s1. The maximum atomic E-state index is 12.9. The Kier molecular flexibility index (Phi) is 11.1. The Morgan fingerprint density at radius 3 is 2.38 bits per heavy atom. The summed E-state index contributed by atoms with van der Waals surface area (Å²) in [5.74, 6) is -0.170. The lowest BCUT2D eigenvalue weighted by Gasteiger charge is -2.38. The quantitative estimate of drug-likeness (QED) is 0.110. The molecule has 0 aliphatic carbocycles. The van der Waals surface area contributed by atoms with E-state index in [9.17, 15) is 20.1 Å². The van der Waals surface area contributed by atoms with Crippen molar-refractivity contribution in [1.82, 2.24) is 20.2 Å². The predicted molar refractivity (Wildman–Crippen MR) is 202 cm³/mol. The van der Waals surface area contributed by atoms with Crippen molar-refractivity contribution >= 4 is 16.9 Å². The van der Waals surface area contributed by atoms with Gasteiger partial charge in [-0.15, -0.1) is 0 Å². The van der Waals surface area contributed by atoms with Crippen molar-refractivity contribution in [3.63, 3.8) is 0 Å². The van der Waals surface area contributed by atoms with Gasteiger partial charge in [0.05, 0.1) is 42.1 Å². The molecule has 2 heterocycles. The Balaban J connectivity index is 1.03. The first-order valence-corrected chi connectivity index (χ1v) is 17.7. The second kappa shape index (κ2) is 16.5. The average molecular weight is 711 g/mol. The van der Waals surface area contributed by atoms with Gasteiger partial charge in [0.15, 0.2) is 6.29 Å². The Bertz CT molecular complexity index is 2160. The number of nitrogens with one attached hydrogen (secondary N) is 1. The van der Waals surface area contributed by atoms with Crippen LogP contribution in [0.3, 0.4) is 0 Å². The summed E-state index contributed by atoms with van der Waals surface area (Å²) >= 11 is 0. The number of carbonyl (C=O) groups is 1. The molecule has 1 saturated heterocycles. The number of aliphatic hydroxyl groups excluding tert-OH is 2. The van der Waals surface area contributed by atoms with Crippen molar-refractivity contribution in [1.29, 1.82) is 0 Å². The summed E-state index contributed by atoms with van der Waals surface area (Å²) in [6.45, 7) is 1.22. The van der Waals surface area contributed by atoms with E-state index in [1.54, 1.807) is 24.3 Å². The normalized spacial score (nSPS) is 17.8. The zero-order chi connectivity index (χ0) is 36.7. The van der Waals surface area contributed by atoms with E-state index in [4.69, 9.17) is 9.47 Å². The number of aromatic nitrogens is 2. The van der Waals surface area contributed by atoms with E-state index in [-0.39, 0.29) is 36.2 Å². The summed E-state index contributed by atoms with van der Waals surface area (Å²) in [5, 5.41) is 33.3. The van der Waals surface area contributed by atoms with Crippen molar-refractivity contribution in [2.75, 3.05) is 20.1 Å². The number of likely N-dealkylation sites (N-methyl/N-ethyl adjacent to an activating group) is 1. The number of fused-ring (bicyclic) bond motifs is 1. The van der Waals surface area contributed by atoms with Crippen LogP contribution in [0.4, 0.5) is 0 Å². The molecule has 1 aromatic heterocycles. The molecule has 1 aliphatic heterocycles. The fourth-order valence-electron chi connectivity index (χ4n) is 6.62. The first kappa shape index (κ1) is 35.9. The number of hydrogen-bond donors (Lipinski definition) is 4. The number of aliphatic hydroxyl groups is 2. The zero-order valence-electron chi connectivity index (χ0n) is 29.4. The van der Waals surface area contributed by atoms with Crippen molar-refractivity contribution < 1.29 is 29.6 Å². The highest BCUT2D eigenvalue weighted by atomic mass is 16.7. The smallest absolute Gasteiger partial charge is 0.271 e. The lowest BCUT2D eigenvalue weighted by molar-refractivity contribution is -0.252. The number of phenolic OH excluding ortho intramolecular Hbond substituents is 1. The van der Waals surface area contributed by atoms with Gasteiger partial charge in [0.25, 0.3) is 5.91 Å². The molecule has 53 heavy (non-hydrogen) atoms. The van der Waals surface area contributed by atoms with Crippen molar-refractivity contribution in [3.8, 4) is 16.9 Å². The SMILES string of the molecule is CN(C[C@@H]1C[C@H](c2ccc(CO)cc2)O[C@H](c2ccc(-c3cccc(CNC(=O)c4cnc5ccccc5n4)c3)cc2)O1)C[C@@H](O)c1cccc(O)c1. The van der Waals surface area contributed by atoms with E-state index >= 15 is 0 Å². The molecule has 1 aliphatic rings. The van der Waals surface area contributed by atoms with E-state index in [0.29, 0.717) is 37.1 Å². The maximum absolute atomic E-state index is 12.9. The van der Waals surface area contributed by atoms with Gasteiger partial charge in [0, 0.05) is 31.6 Å². The molecule has 6 aromatic rings. The van der Waals surface area contributed by atoms with Crippen molar-refractivity contribution in [2.45, 2.75) is 44.2 Å². The van der Waals surface area contributed by atoms with Gasteiger partial charge in [0.2, 0.25) is 0 Å². The van der Waals surface area contributed by atoms with E-state index in [1.807, 2.05) is 103 Å². The Morgan fingerprint density at radius 2 is 1.60 bits per heavy atom. The van der Waals surface area contributed by atoms with Crippen LogP contribution in [0, 0.1) is 0 Å². The van der Waals surface area contributed by atoms with Crippen molar-refractivity contribution in [2.24, 2.45) is 0 Å². The Labute approximate surface area is 308 Å². The highest BCUT2D eigenvalue weighted by molar-refractivity contribution is 5.93. The van der Waals surface area contributed by atoms with E-state index < -0.39 is 12.4 Å². The van der Waals surface area contributed by atoms with Crippen LogP contribution in [-0.2, 0) is 22.6 Å². The molecule has 10 heteroatoms.